The van der Waals surface area contributed by atoms with Crippen molar-refractivity contribution in [2.75, 3.05) is 6.54 Å². The Kier molecular flexibility index (Phi) is 4.80. The first-order valence-corrected chi connectivity index (χ1v) is 5.05. The Bertz CT molecular complexity index is 201. The van der Waals surface area contributed by atoms with Gasteiger partial charge in [0, 0.05) is 23.8 Å². The number of pyridine rings is 1. The Morgan fingerprint density at radius 3 is 2.83 bits per heavy atom. The first kappa shape index (κ1) is 9.55. The molecule has 0 radical (unpaired) electrons. The summed E-state index contributed by atoms with van der Waals surface area (Å²) in [5.74, 6) is 0. The summed E-state index contributed by atoms with van der Waals surface area (Å²) < 4.78 is 3.29. The molecule has 0 aliphatic heterocycles. The van der Waals surface area contributed by atoms with E-state index in [1.54, 1.807) is 11.9 Å². The first-order valence-electron chi connectivity index (χ1n) is 4.23. The molecule has 0 aliphatic rings. The zero-order valence-corrected chi connectivity index (χ0v) is 8.10. The van der Waals surface area contributed by atoms with Crippen molar-refractivity contribution in [1.29, 1.82) is 0 Å². The maximum Gasteiger partial charge on any atom is 0.0279 e. The van der Waals surface area contributed by atoms with E-state index in [9.17, 15) is 0 Å². The van der Waals surface area contributed by atoms with Crippen LogP contribution in [0.15, 0.2) is 29.4 Å². The van der Waals surface area contributed by atoms with Crippen LogP contribution in [0, 0.1) is 0 Å². The van der Waals surface area contributed by atoms with Gasteiger partial charge in [0.15, 0.2) is 0 Å². The average Bonchev–Trinajstić information content (AvgIpc) is 2.14. The molecule has 0 amide bonds. The highest BCUT2D eigenvalue weighted by molar-refractivity contribution is 7.97. The van der Waals surface area contributed by atoms with Gasteiger partial charge in [0.05, 0.1) is 0 Å². The third-order valence-corrected chi connectivity index (χ3v) is 2.33. The zero-order chi connectivity index (χ0) is 8.65. The normalized spacial score (nSPS) is 10.1. The van der Waals surface area contributed by atoms with E-state index < -0.39 is 0 Å². The van der Waals surface area contributed by atoms with E-state index in [4.69, 9.17) is 0 Å². The fourth-order valence-corrected chi connectivity index (χ4v) is 1.46. The highest BCUT2D eigenvalue weighted by atomic mass is 32.2. The summed E-state index contributed by atoms with van der Waals surface area (Å²) in [6, 6.07) is 4.01. The van der Waals surface area contributed by atoms with E-state index in [1.807, 2.05) is 24.5 Å². The Hall–Kier alpha value is -0.540. The van der Waals surface area contributed by atoms with Crippen LogP contribution in [0.3, 0.4) is 0 Å². The summed E-state index contributed by atoms with van der Waals surface area (Å²) in [6.07, 6.45) is 6.09. The van der Waals surface area contributed by atoms with Gasteiger partial charge in [-0.1, -0.05) is 13.3 Å². The van der Waals surface area contributed by atoms with Crippen LogP contribution in [0.25, 0.3) is 0 Å². The lowest BCUT2D eigenvalue weighted by atomic mass is 10.3. The van der Waals surface area contributed by atoms with E-state index in [1.165, 1.54) is 17.7 Å². The van der Waals surface area contributed by atoms with Crippen molar-refractivity contribution in [3.63, 3.8) is 0 Å². The molecule has 1 aromatic rings. The van der Waals surface area contributed by atoms with Gasteiger partial charge in [-0.15, -0.1) is 0 Å². The molecule has 1 rings (SSSR count). The van der Waals surface area contributed by atoms with Crippen molar-refractivity contribution in [3.8, 4) is 0 Å². The predicted octanol–water partition coefficient (Wildman–Crippen LogP) is 2.48. The van der Waals surface area contributed by atoms with Gasteiger partial charge in [0.2, 0.25) is 0 Å². The summed E-state index contributed by atoms with van der Waals surface area (Å²) in [7, 11) is 0. The topological polar surface area (TPSA) is 24.9 Å². The van der Waals surface area contributed by atoms with Crippen LogP contribution in [-0.4, -0.2) is 11.5 Å². The SMILES string of the molecule is CCCCNSc1ccncc1. The first-order chi connectivity index (χ1) is 5.93. The van der Waals surface area contributed by atoms with Gasteiger partial charge in [0.25, 0.3) is 0 Å². The molecule has 12 heavy (non-hydrogen) atoms. The number of hydrogen-bond acceptors (Lipinski definition) is 3. The van der Waals surface area contributed by atoms with Crippen molar-refractivity contribution in [2.45, 2.75) is 24.7 Å². The fourth-order valence-electron chi connectivity index (χ4n) is 0.790. The summed E-state index contributed by atoms with van der Waals surface area (Å²) in [5, 5.41) is 0. The maximum atomic E-state index is 3.95. The zero-order valence-electron chi connectivity index (χ0n) is 7.29. The Labute approximate surface area is 77.9 Å². The molecule has 0 unspecified atom stereocenters. The summed E-state index contributed by atoms with van der Waals surface area (Å²) in [6.45, 7) is 3.27. The monoisotopic (exact) mass is 182 g/mol. The second-order valence-corrected chi connectivity index (χ2v) is 3.50. The van der Waals surface area contributed by atoms with Crippen LogP contribution < -0.4 is 4.72 Å². The van der Waals surface area contributed by atoms with Gasteiger partial charge in [0.1, 0.15) is 0 Å². The molecule has 0 atom stereocenters. The van der Waals surface area contributed by atoms with Gasteiger partial charge in [-0.3, -0.25) is 9.71 Å². The number of unbranched alkanes of at least 4 members (excludes halogenated alkanes) is 1. The number of nitrogens with zero attached hydrogens (tertiary/aromatic N) is 1. The quantitative estimate of drug-likeness (QED) is 0.559. The lowest BCUT2D eigenvalue weighted by Crippen LogP contribution is -2.04. The molecular weight excluding hydrogens is 168 g/mol. The van der Waals surface area contributed by atoms with Crippen LogP contribution in [0.4, 0.5) is 0 Å². The molecule has 1 aromatic heterocycles. The van der Waals surface area contributed by atoms with Crippen molar-refractivity contribution in [3.05, 3.63) is 24.5 Å². The van der Waals surface area contributed by atoms with Gasteiger partial charge in [-0.05, 0) is 30.5 Å². The molecule has 0 aromatic carbocycles. The standard InChI is InChI=1S/C9H14N2S/c1-2-3-6-11-12-9-4-7-10-8-5-9/h4-5,7-8,11H,2-3,6H2,1H3. The minimum Gasteiger partial charge on any atom is -0.265 e. The van der Waals surface area contributed by atoms with Crippen molar-refractivity contribution < 1.29 is 0 Å². The van der Waals surface area contributed by atoms with Gasteiger partial charge in [-0.2, -0.15) is 0 Å². The van der Waals surface area contributed by atoms with Crippen molar-refractivity contribution in [1.82, 2.24) is 9.71 Å². The fraction of sp³-hybridized carbons (Fsp3) is 0.444. The van der Waals surface area contributed by atoms with Crippen LogP contribution >= 0.6 is 11.9 Å². The minimum absolute atomic E-state index is 1.07. The Morgan fingerprint density at radius 2 is 2.17 bits per heavy atom. The molecule has 0 saturated heterocycles. The molecule has 2 nitrogen and oxygen atoms in total. The van der Waals surface area contributed by atoms with Crippen molar-refractivity contribution in [2.24, 2.45) is 0 Å². The smallest absolute Gasteiger partial charge is 0.0279 e. The van der Waals surface area contributed by atoms with Crippen LogP contribution in [0.1, 0.15) is 19.8 Å². The third-order valence-electron chi connectivity index (χ3n) is 1.47. The van der Waals surface area contributed by atoms with Crippen molar-refractivity contribution >= 4 is 11.9 Å². The number of rotatable bonds is 5. The second kappa shape index (κ2) is 6.03. The van der Waals surface area contributed by atoms with E-state index in [0.717, 1.165) is 6.54 Å². The lowest BCUT2D eigenvalue weighted by molar-refractivity contribution is 0.776. The molecule has 0 spiro atoms. The third kappa shape index (κ3) is 3.74. The van der Waals surface area contributed by atoms with E-state index in [0.29, 0.717) is 0 Å². The maximum absolute atomic E-state index is 3.95. The van der Waals surface area contributed by atoms with Crippen LogP contribution in [0.2, 0.25) is 0 Å². The second-order valence-electron chi connectivity index (χ2n) is 2.53. The molecule has 1 N–H and O–H groups in total. The summed E-state index contributed by atoms with van der Waals surface area (Å²) >= 11 is 1.67. The number of aromatic nitrogens is 1. The summed E-state index contributed by atoms with van der Waals surface area (Å²) in [4.78, 5) is 5.17. The summed E-state index contributed by atoms with van der Waals surface area (Å²) in [5.41, 5.74) is 0. The van der Waals surface area contributed by atoms with Gasteiger partial charge < -0.3 is 0 Å². The van der Waals surface area contributed by atoms with Gasteiger partial charge >= 0.3 is 0 Å². The molecule has 0 fully saturated rings. The number of hydrogen-bond donors (Lipinski definition) is 1. The molecular formula is C9H14N2S. The molecule has 0 aliphatic carbocycles. The molecule has 1 heterocycles. The highest BCUT2D eigenvalue weighted by Crippen LogP contribution is 2.11. The number of nitrogens with one attached hydrogen (secondary N) is 1. The van der Waals surface area contributed by atoms with Gasteiger partial charge in [-0.25, -0.2) is 0 Å². The predicted molar refractivity (Wildman–Crippen MR) is 53.0 cm³/mol. The highest BCUT2D eigenvalue weighted by Gasteiger charge is 1.90. The molecule has 0 bridgehead atoms. The largest absolute Gasteiger partial charge is 0.265 e. The van der Waals surface area contributed by atoms with E-state index in [-0.39, 0.29) is 0 Å². The van der Waals surface area contributed by atoms with Crippen LogP contribution in [-0.2, 0) is 0 Å². The lowest BCUT2D eigenvalue weighted by Gasteiger charge is -2.01. The molecule has 3 heteroatoms. The average molecular weight is 182 g/mol. The van der Waals surface area contributed by atoms with Crippen LogP contribution in [0.5, 0.6) is 0 Å². The molecule has 0 saturated carbocycles. The Morgan fingerprint density at radius 1 is 1.42 bits per heavy atom. The minimum atomic E-state index is 1.07. The van der Waals surface area contributed by atoms with E-state index in [2.05, 4.69) is 16.6 Å². The molecule has 66 valence electrons. The Balaban J connectivity index is 2.16. The van der Waals surface area contributed by atoms with E-state index >= 15 is 0 Å².